The van der Waals surface area contributed by atoms with E-state index in [1.807, 2.05) is 0 Å². The Morgan fingerprint density at radius 3 is 2.33 bits per heavy atom. The van der Waals surface area contributed by atoms with Crippen LogP contribution >= 0.6 is 0 Å². The zero-order chi connectivity index (χ0) is 19.8. The van der Waals surface area contributed by atoms with Gasteiger partial charge >= 0.3 is 0 Å². The maximum atomic E-state index is 12.4. The highest BCUT2D eigenvalue weighted by Crippen LogP contribution is 2.25. The second kappa shape index (κ2) is 9.67. The van der Waals surface area contributed by atoms with Crippen molar-refractivity contribution in [3.05, 3.63) is 58.1 Å². The van der Waals surface area contributed by atoms with Gasteiger partial charge in [0.05, 0.1) is 40.3 Å². The van der Waals surface area contributed by atoms with Gasteiger partial charge in [-0.2, -0.15) is 5.10 Å². The number of nitrogens with one attached hydrogen (secondary N) is 1. The van der Waals surface area contributed by atoms with Crippen molar-refractivity contribution < 1.29 is 29.6 Å². The van der Waals surface area contributed by atoms with E-state index in [1.165, 1.54) is 32.6 Å². The molecule has 2 rings (SSSR count). The van der Waals surface area contributed by atoms with Crippen LogP contribution in [0.1, 0.15) is 32.6 Å². The number of methoxy groups -OCH3 is 2. The lowest BCUT2D eigenvalue weighted by Gasteiger charge is -2.13. The first-order valence-corrected chi connectivity index (χ1v) is 8.11. The molecule has 0 spiro atoms. The van der Waals surface area contributed by atoms with Gasteiger partial charge in [-0.05, 0) is 29.3 Å². The van der Waals surface area contributed by atoms with E-state index in [0.717, 1.165) is 0 Å². The Labute approximate surface area is 156 Å². The van der Waals surface area contributed by atoms with E-state index in [-0.39, 0.29) is 25.4 Å². The molecule has 8 heteroatoms. The van der Waals surface area contributed by atoms with E-state index in [4.69, 9.17) is 9.47 Å². The van der Waals surface area contributed by atoms with Gasteiger partial charge in [0.15, 0.2) is 0 Å². The summed E-state index contributed by atoms with van der Waals surface area (Å²) >= 11 is 0. The summed E-state index contributed by atoms with van der Waals surface area (Å²) in [5, 5.41) is 32.2. The second-order valence-corrected chi connectivity index (χ2v) is 5.52. The highest BCUT2D eigenvalue weighted by atomic mass is 16.5. The van der Waals surface area contributed by atoms with Crippen LogP contribution in [0.3, 0.4) is 0 Å². The third kappa shape index (κ3) is 4.62. The molecule has 1 amide bonds. The molecular formula is C19H22N2O6. The molecule has 0 fully saturated rings. The van der Waals surface area contributed by atoms with Crippen molar-refractivity contribution in [2.45, 2.75) is 19.8 Å². The summed E-state index contributed by atoms with van der Waals surface area (Å²) in [4.78, 5) is 12.4. The zero-order valence-electron chi connectivity index (χ0n) is 15.1. The molecule has 0 saturated carbocycles. The van der Waals surface area contributed by atoms with Crippen molar-refractivity contribution in [2.24, 2.45) is 5.10 Å². The molecule has 2 aromatic rings. The third-order valence-electron chi connectivity index (χ3n) is 4.02. The van der Waals surface area contributed by atoms with Crippen LogP contribution in [0.25, 0.3) is 0 Å². The average Bonchev–Trinajstić information content (AvgIpc) is 2.72. The number of aliphatic hydroxyl groups excluding tert-OH is 3. The van der Waals surface area contributed by atoms with Gasteiger partial charge in [-0.1, -0.05) is 12.1 Å². The Morgan fingerprint density at radius 2 is 1.74 bits per heavy atom. The molecule has 0 aliphatic rings. The van der Waals surface area contributed by atoms with Gasteiger partial charge in [0.2, 0.25) is 0 Å². The van der Waals surface area contributed by atoms with Crippen molar-refractivity contribution in [3.63, 3.8) is 0 Å². The number of hydrogen-bond donors (Lipinski definition) is 4. The van der Waals surface area contributed by atoms with Crippen molar-refractivity contribution >= 4 is 12.1 Å². The van der Waals surface area contributed by atoms with Gasteiger partial charge in [-0.3, -0.25) is 4.79 Å². The van der Waals surface area contributed by atoms with Gasteiger partial charge < -0.3 is 24.8 Å². The van der Waals surface area contributed by atoms with Crippen LogP contribution in [-0.2, 0) is 19.8 Å². The molecule has 0 atom stereocenters. The lowest BCUT2D eigenvalue weighted by atomic mass is 10.0. The molecule has 0 aromatic heterocycles. The smallest absolute Gasteiger partial charge is 0.271 e. The van der Waals surface area contributed by atoms with E-state index < -0.39 is 5.91 Å². The topological polar surface area (TPSA) is 121 Å². The summed E-state index contributed by atoms with van der Waals surface area (Å²) in [6, 6.07) is 8.09. The number of benzene rings is 2. The van der Waals surface area contributed by atoms with Crippen LogP contribution < -0.4 is 14.9 Å². The predicted octanol–water partition coefficient (Wildman–Crippen LogP) is 0.945. The molecule has 0 bridgehead atoms. The summed E-state index contributed by atoms with van der Waals surface area (Å²) < 4.78 is 10.4. The molecule has 27 heavy (non-hydrogen) atoms. The fourth-order valence-electron chi connectivity index (χ4n) is 2.61. The summed E-state index contributed by atoms with van der Waals surface area (Å²) in [5.41, 5.74) is 4.55. The minimum atomic E-state index is -0.524. The number of carbonyl (C=O) groups is 1. The first-order chi connectivity index (χ1) is 13.1. The Morgan fingerprint density at radius 1 is 1.04 bits per heavy atom. The fourth-order valence-corrected chi connectivity index (χ4v) is 2.61. The number of nitrogens with zero attached hydrogens (tertiary/aromatic N) is 1. The Balaban J connectivity index is 2.25. The lowest BCUT2D eigenvalue weighted by Crippen LogP contribution is -2.18. The number of hydrazone groups is 1. The van der Waals surface area contributed by atoms with Gasteiger partial charge in [-0.25, -0.2) is 5.43 Å². The standard InChI is InChI=1S/C19H22N2O6/c1-26-17-5-3-4-12(9-22)15(17)8-20-21-19(25)13-6-14(10-23)16(11-24)18(7-13)27-2/h3-8,22-24H,9-11H2,1-2H3,(H,21,25)/b20-8+. The molecule has 0 unspecified atom stereocenters. The minimum Gasteiger partial charge on any atom is -0.496 e. The number of aliphatic hydroxyl groups is 3. The normalized spacial score (nSPS) is 10.9. The van der Waals surface area contributed by atoms with Crippen LogP contribution in [0.4, 0.5) is 0 Å². The number of carbonyl (C=O) groups excluding carboxylic acids is 1. The van der Waals surface area contributed by atoms with Crippen LogP contribution in [0.5, 0.6) is 11.5 Å². The van der Waals surface area contributed by atoms with Crippen LogP contribution in [-0.4, -0.2) is 41.7 Å². The molecule has 2 aromatic carbocycles. The molecule has 4 N–H and O–H groups in total. The SMILES string of the molecule is COc1cccc(CO)c1/C=N/NC(=O)c1cc(CO)c(CO)c(OC)c1. The molecule has 8 nitrogen and oxygen atoms in total. The van der Waals surface area contributed by atoms with Crippen molar-refractivity contribution in [1.82, 2.24) is 5.43 Å². The van der Waals surface area contributed by atoms with Crippen LogP contribution in [0.2, 0.25) is 0 Å². The first kappa shape index (κ1) is 20.4. The summed E-state index contributed by atoms with van der Waals surface area (Å²) in [6.07, 6.45) is 1.38. The molecule has 0 aliphatic carbocycles. The number of amides is 1. The van der Waals surface area contributed by atoms with E-state index >= 15 is 0 Å². The second-order valence-electron chi connectivity index (χ2n) is 5.52. The molecule has 0 aliphatic heterocycles. The lowest BCUT2D eigenvalue weighted by molar-refractivity contribution is 0.0954. The van der Waals surface area contributed by atoms with Crippen molar-refractivity contribution in [2.75, 3.05) is 14.2 Å². The largest absolute Gasteiger partial charge is 0.496 e. The van der Waals surface area contributed by atoms with Crippen LogP contribution in [0, 0.1) is 0 Å². The van der Waals surface area contributed by atoms with Gasteiger partial charge in [0.1, 0.15) is 11.5 Å². The number of ether oxygens (including phenoxy) is 2. The van der Waals surface area contributed by atoms with E-state index in [2.05, 4.69) is 10.5 Å². The monoisotopic (exact) mass is 374 g/mol. The van der Waals surface area contributed by atoms with Gasteiger partial charge in [0.25, 0.3) is 5.91 Å². The minimum absolute atomic E-state index is 0.202. The molecule has 0 saturated heterocycles. The van der Waals surface area contributed by atoms with Crippen molar-refractivity contribution in [3.8, 4) is 11.5 Å². The first-order valence-electron chi connectivity index (χ1n) is 8.11. The number of hydrogen-bond acceptors (Lipinski definition) is 7. The highest BCUT2D eigenvalue weighted by molar-refractivity contribution is 5.96. The molecule has 0 radical (unpaired) electrons. The zero-order valence-corrected chi connectivity index (χ0v) is 15.1. The Bertz CT molecular complexity index is 788. The average molecular weight is 374 g/mol. The highest BCUT2D eigenvalue weighted by Gasteiger charge is 2.14. The Hall–Kier alpha value is -2.94. The Kier molecular flexibility index (Phi) is 7.30. The summed E-state index contributed by atoms with van der Waals surface area (Å²) in [5.74, 6) is 0.283. The van der Waals surface area contributed by atoms with Gasteiger partial charge in [-0.15, -0.1) is 0 Å². The predicted molar refractivity (Wildman–Crippen MR) is 98.8 cm³/mol. The van der Waals surface area contributed by atoms with E-state index in [1.54, 1.807) is 18.2 Å². The quantitative estimate of drug-likeness (QED) is 0.403. The maximum absolute atomic E-state index is 12.4. The molecular weight excluding hydrogens is 352 g/mol. The number of rotatable bonds is 8. The maximum Gasteiger partial charge on any atom is 0.271 e. The molecule has 144 valence electrons. The summed E-state index contributed by atoms with van der Waals surface area (Å²) in [7, 11) is 2.91. The van der Waals surface area contributed by atoms with Crippen LogP contribution in [0.15, 0.2) is 35.4 Å². The van der Waals surface area contributed by atoms with E-state index in [0.29, 0.717) is 33.8 Å². The van der Waals surface area contributed by atoms with Gasteiger partial charge in [0, 0.05) is 16.7 Å². The third-order valence-corrected chi connectivity index (χ3v) is 4.02. The van der Waals surface area contributed by atoms with Crippen molar-refractivity contribution in [1.29, 1.82) is 0 Å². The molecule has 0 heterocycles. The summed E-state index contributed by atoms with van der Waals surface area (Å²) in [6.45, 7) is -0.874. The fraction of sp³-hybridized carbons (Fsp3) is 0.263. The van der Waals surface area contributed by atoms with E-state index in [9.17, 15) is 20.1 Å².